The van der Waals surface area contributed by atoms with Crippen LogP contribution in [0.5, 0.6) is 0 Å². The Kier molecular flexibility index (Phi) is 8.59. The van der Waals surface area contributed by atoms with Gasteiger partial charge in [-0.2, -0.15) is 13.2 Å². The zero-order valence-electron chi connectivity index (χ0n) is 17.0. The lowest BCUT2D eigenvalue weighted by Crippen LogP contribution is -2.52. The third kappa shape index (κ3) is 6.71. The van der Waals surface area contributed by atoms with Gasteiger partial charge >= 0.3 is 6.18 Å². The van der Waals surface area contributed by atoms with Crippen LogP contribution in [0.3, 0.4) is 0 Å². The van der Waals surface area contributed by atoms with Crippen molar-refractivity contribution in [2.45, 2.75) is 26.6 Å². The van der Waals surface area contributed by atoms with Gasteiger partial charge in [0, 0.05) is 44.7 Å². The van der Waals surface area contributed by atoms with Crippen LogP contribution in [0.2, 0.25) is 0 Å². The number of hydrogen-bond acceptors (Lipinski definition) is 3. The van der Waals surface area contributed by atoms with Crippen molar-refractivity contribution in [2.24, 2.45) is 10.4 Å². The molecule has 0 aliphatic carbocycles. The fourth-order valence-electron chi connectivity index (χ4n) is 3.46. The molecule has 2 aliphatic rings. The summed E-state index contributed by atoms with van der Waals surface area (Å²) in [6, 6.07) is 5.61. The monoisotopic (exact) mass is 526 g/mol. The molecule has 9 heteroatoms. The second-order valence-corrected chi connectivity index (χ2v) is 7.93. The van der Waals surface area contributed by atoms with Gasteiger partial charge in [0.2, 0.25) is 0 Å². The summed E-state index contributed by atoms with van der Waals surface area (Å²) in [5.41, 5.74) is 0.242. The summed E-state index contributed by atoms with van der Waals surface area (Å²) < 4.78 is 44.0. The molecule has 164 valence electrons. The predicted molar refractivity (Wildman–Crippen MR) is 119 cm³/mol. The molecule has 2 aliphatic heterocycles. The van der Waals surface area contributed by atoms with Crippen LogP contribution in [-0.2, 0) is 17.5 Å². The minimum atomic E-state index is -4.30. The van der Waals surface area contributed by atoms with Crippen LogP contribution in [-0.4, -0.2) is 68.2 Å². The molecular formula is C20H30F3IN4O. The standard InChI is InChI=1S/C20H29F3N4O.HI/c1-3-24-18(25-13-19(2)14-28-15-19)27-9-7-26(8-10-27)12-16-5-4-6-17(11-16)20(21,22)23;/h4-6,11H,3,7-10,12-15H2,1-2H3,(H,24,25);1H. The molecule has 0 aromatic heterocycles. The first-order chi connectivity index (χ1) is 13.3. The number of benzene rings is 1. The van der Waals surface area contributed by atoms with E-state index in [1.54, 1.807) is 6.07 Å². The van der Waals surface area contributed by atoms with Crippen molar-refractivity contribution in [1.82, 2.24) is 15.1 Å². The Balaban J connectivity index is 0.00000300. The summed E-state index contributed by atoms with van der Waals surface area (Å²) in [5, 5.41) is 3.35. The topological polar surface area (TPSA) is 40.1 Å². The normalized spacial score (nSPS) is 20.0. The highest BCUT2D eigenvalue weighted by atomic mass is 127. The molecule has 2 fully saturated rings. The molecule has 0 radical (unpaired) electrons. The maximum atomic E-state index is 12.9. The molecular weight excluding hydrogens is 496 g/mol. The van der Waals surface area contributed by atoms with Gasteiger partial charge in [0.05, 0.1) is 25.3 Å². The lowest BCUT2D eigenvalue weighted by atomic mass is 9.89. The molecule has 1 aromatic rings. The number of nitrogens with zero attached hydrogens (tertiary/aromatic N) is 3. The molecule has 0 bridgehead atoms. The van der Waals surface area contributed by atoms with E-state index in [4.69, 9.17) is 9.73 Å². The second-order valence-electron chi connectivity index (χ2n) is 7.93. The van der Waals surface area contributed by atoms with Crippen LogP contribution in [0.15, 0.2) is 29.3 Å². The van der Waals surface area contributed by atoms with Gasteiger partial charge in [0.1, 0.15) is 0 Å². The molecule has 3 rings (SSSR count). The number of hydrogen-bond donors (Lipinski definition) is 1. The van der Waals surface area contributed by atoms with Crippen molar-refractivity contribution in [2.75, 3.05) is 52.5 Å². The van der Waals surface area contributed by atoms with Gasteiger partial charge in [-0.3, -0.25) is 9.89 Å². The molecule has 29 heavy (non-hydrogen) atoms. The van der Waals surface area contributed by atoms with E-state index in [0.717, 1.165) is 64.5 Å². The van der Waals surface area contributed by atoms with E-state index >= 15 is 0 Å². The Morgan fingerprint density at radius 1 is 1.21 bits per heavy atom. The average molecular weight is 526 g/mol. The lowest BCUT2D eigenvalue weighted by molar-refractivity contribution is -0.137. The molecule has 0 amide bonds. The van der Waals surface area contributed by atoms with E-state index in [0.29, 0.717) is 12.1 Å². The van der Waals surface area contributed by atoms with E-state index < -0.39 is 11.7 Å². The minimum Gasteiger partial charge on any atom is -0.380 e. The molecule has 0 saturated carbocycles. The SMILES string of the molecule is CCNC(=NCC1(C)COC1)N1CCN(Cc2cccc(C(F)(F)F)c2)CC1.I. The number of nitrogens with one attached hydrogen (secondary N) is 1. The Morgan fingerprint density at radius 2 is 1.90 bits per heavy atom. The van der Waals surface area contributed by atoms with Gasteiger partial charge in [0.15, 0.2) is 5.96 Å². The molecule has 0 unspecified atom stereocenters. The van der Waals surface area contributed by atoms with Crippen LogP contribution in [0, 0.1) is 5.41 Å². The van der Waals surface area contributed by atoms with Gasteiger partial charge in [-0.05, 0) is 18.6 Å². The first kappa shape index (κ1) is 24.2. The van der Waals surface area contributed by atoms with Gasteiger partial charge in [-0.1, -0.05) is 25.1 Å². The Hall–Kier alpha value is -1.07. The summed E-state index contributed by atoms with van der Waals surface area (Å²) in [6.45, 7) is 11.0. The molecule has 0 atom stereocenters. The number of guanidine groups is 1. The molecule has 1 N–H and O–H groups in total. The summed E-state index contributed by atoms with van der Waals surface area (Å²) >= 11 is 0. The number of ether oxygens (including phenoxy) is 1. The van der Waals surface area contributed by atoms with E-state index in [2.05, 4.69) is 22.0 Å². The van der Waals surface area contributed by atoms with Crippen molar-refractivity contribution in [3.05, 3.63) is 35.4 Å². The highest BCUT2D eigenvalue weighted by molar-refractivity contribution is 14.0. The smallest absolute Gasteiger partial charge is 0.380 e. The molecule has 5 nitrogen and oxygen atoms in total. The second kappa shape index (κ2) is 10.3. The number of alkyl halides is 3. The molecule has 2 saturated heterocycles. The molecule has 1 aromatic carbocycles. The van der Waals surface area contributed by atoms with Crippen LogP contribution in [0.25, 0.3) is 0 Å². The number of halogens is 4. The molecule has 0 spiro atoms. The van der Waals surface area contributed by atoms with Gasteiger partial charge < -0.3 is 15.0 Å². The molecule has 2 heterocycles. The number of rotatable bonds is 5. The highest BCUT2D eigenvalue weighted by Crippen LogP contribution is 2.30. The minimum absolute atomic E-state index is 0. The maximum absolute atomic E-state index is 12.9. The van der Waals surface area contributed by atoms with Crippen molar-refractivity contribution in [1.29, 1.82) is 0 Å². The first-order valence-corrected chi connectivity index (χ1v) is 9.79. The Labute approximate surface area is 187 Å². The van der Waals surface area contributed by atoms with E-state index in [1.165, 1.54) is 12.1 Å². The zero-order chi connectivity index (χ0) is 20.2. The van der Waals surface area contributed by atoms with Gasteiger partial charge in [-0.25, -0.2) is 0 Å². The predicted octanol–water partition coefficient (Wildman–Crippen LogP) is 3.44. The third-order valence-electron chi connectivity index (χ3n) is 5.18. The lowest BCUT2D eigenvalue weighted by Gasteiger charge is -2.39. The van der Waals surface area contributed by atoms with Crippen LogP contribution >= 0.6 is 24.0 Å². The van der Waals surface area contributed by atoms with E-state index in [9.17, 15) is 13.2 Å². The zero-order valence-corrected chi connectivity index (χ0v) is 19.3. The summed E-state index contributed by atoms with van der Waals surface area (Å²) in [7, 11) is 0. The van der Waals surface area contributed by atoms with Gasteiger partial charge in [0.25, 0.3) is 0 Å². The summed E-state index contributed by atoms with van der Waals surface area (Å²) in [6.07, 6.45) is -4.30. The average Bonchev–Trinajstić information content (AvgIpc) is 2.64. The number of aliphatic imine (C=N–C) groups is 1. The van der Waals surface area contributed by atoms with Crippen LogP contribution < -0.4 is 5.32 Å². The quantitative estimate of drug-likeness (QED) is 0.363. The van der Waals surface area contributed by atoms with Crippen LogP contribution in [0.4, 0.5) is 13.2 Å². The fraction of sp³-hybridized carbons (Fsp3) is 0.650. The van der Waals surface area contributed by atoms with Crippen molar-refractivity contribution in [3.8, 4) is 0 Å². The maximum Gasteiger partial charge on any atom is 0.416 e. The largest absolute Gasteiger partial charge is 0.416 e. The van der Waals surface area contributed by atoms with Crippen molar-refractivity contribution < 1.29 is 17.9 Å². The van der Waals surface area contributed by atoms with Crippen molar-refractivity contribution in [3.63, 3.8) is 0 Å². The van der Waals surface area contributed by atoms with Crippen LogP contribution in [0.1, 0.15) is 25.0 Å². The highest BCUT2D eigenvalue weighted by Gasteiger charge is 2.33. The van der Waals surface area contributed by atoms with E-state index in [-0.39, 0.29) is 29.4 Å². The Bertz CT molecular complexity index is 687. The first-order valence-electron chi connectivity index (χ1n) is 9.79. The fourth-order valence-corrected chi connectivity index (χ4v) is 3.46. The summed E-state index contributed by atoms with van der Waals surface area (Å²) in [5.74, 6) is 0.911. The third-order valence-corrected chi connectivity index (χ3v) is 5.18. The number of piperazine rings is 1. The van der Waals surface area contributed by atoms with Crippen molar-refractivity contribution >= 4 is 29.9 Å². The summed E-state index contributed by atoms with van der Waals surface area (Å²) in [4.78, 5) is 9.21. The van der Waals surface area contributed by atoms with E-state index in [1.807, 2.05) is 6.92 Å². The van der Waals surface area contributed by atoms with Gasteiger partial charge in [-0.15, -0.1) is 24.0 Å². The Morgan fingerprint density at radius 3 is 2.45 bits per heavy atom.